The maximum atomic E-state index is 13.0. The maximum Gasteiger partial charge on any atom is 0.220 e. The van der Waals surface area contributed by atoms with Gasteiger partial charge in [-0.2, -0.15) is 0 Å². The van der Waals surface area contributed by atoms with Crippen LogP contribution >= 0.6 is 0 Å². The van der Waals surface area contributed by atoms with Crippen molar-refractivity contribution in [3.63, 3.8) is 0 Å². The number of carbonyl (C=O) groups is 1. The number of aliphatic hydroxyl groups excluding tert-OH is 8. The molecule has 0 aromatic carbocycles. The third-order valence-corrected chi connectivity index (χ3v) is 10.8. The number of unbranched alkanes of at least 4 members (excludes halogenated alkanes) is 4. The van der Waals surface area contributed by atoms with Crippen molar-refractivity contribution >= 4 is 5.91 Å². The molecule has 12 unspecified atom stereocenters. The van der Waals surface area contributed by atoms with Gasteiger partial charge >= 0.3 is 0 Å². The minimum atomic E-state index is -1.79. The second kappa shape index (κ2) is 36.1. The average Bonchev–Trinajstić information content (AvgIpc) is 3.29. The van der Waals surface area contributed by atoms with Gasteiger partial charge < -0.3 is 65.1 Å². The van der Waals surface area contributed by atoms with Gasteiger partial charge in [0.1, 0.15) is 48.8 Å². The van der Waals surface area contributed by atoms with Crippen molar-refractivity contribution in [1.29, 1.82) is 0 Å². The lowest BCUT2D eigenvalue weighted by atomic mass is 9.97. The first-order valence-corrected chi connectivity index (χ1v) is 23.5. The van der Waals surface area contributed by atoms with Crippen LogP contribution in [0.25, 0.3) is 0 Å². The SMILES string of the molecule is CC/C=C\C/C=C\C/C=C\C/C=C\C/C=C\C/C=C\C/C=C\C/C=C\CCCCC(=O)NC(COC1OC(CO)C(OC2OC(CO)C(O)C(O)C2O)C(O)C1O)C(O)CCCCC. The summed E-state index contributed by atoms with van der Waals surface area (Å²) >= 11 is 0. The van der Waals surface area contributed by atoms with E-state index < -0.39 is 86.8 Å². The summed E-state index contributed by atoms with van der Waals surface area (Å²) in [4.78, 5) is 13.0. The summed E-state index contributed by atoms with van der Waals surface area (Å²) in [5.41, 5.74) is 0. The minimum absolute atomic E-state index is 0.239. The van der Waals surface area contributed by atoms with Crippen LogP contribution in [0, 0.1) is 0 Å². The van der Waals surface area contributed by atoms with Gasteiger partial charge in [-0.3, -0.25) is 4.79 Å². The van der Waals surface area contributed by atoms with Gasteiger partial charge in [0.15, 0.2) is 12.6 Å². The molecule has 14 heteroatoms. The molecule has 0 aliphatic carbocycles. The van der Waals surface area contributed by atoms with Crippen LogP contribution in [-0.4, -0.2) is 140 Å². The number of aliphatic hydroxyl groups is 8. The second-order valence-electron chi connectivity index (χ2n) is 16.2. The molecule has 9 N–H and O–H groups in total. The summed E-state index contributed by atoms with van der Waals surface area (Å²) in [5.74, 6) is -0.268. The zero-order chi connectivity index (χ0) is 46.8. The predicted octanol–water partition coefficient (Wildman–Crippen LogP) is 5.20. The highest BCUT2D eigenvalue weighted by Crippen LogP contribution is 2.30. The predicted molar refractivity (Wildman–Crippen MR) is 249 cm³/mol. The smallest absolute Gasteiger partial charge is 0.220 e. The molecule has 0 saturated carbocycles. The van der Waals surface area contributed by atoms with Crippen LogP contribution in [0.4, 0.5) is 0 Å². The first-order valence-electron chi connectivity index (χ1n) is 23.5. The fourth-order valence-electron chi connectivity index (χ4n) is 6.95. The Balaban J connectivity index is 1.69. The number of carbonyl (C=O) groups excluding carboxylic acids is 1. The standard InChI is InChI=1S/C50H81NO13/c1-3-5-7-8-9-10-11-12-13-14-15-16-17-18-19-20-21-22-23-24-25-26-27-28-29-30-32-34-42(55)51-38(39(54)33-31-6-4-2)37-61-49-47(60)45(58)48(41(36-53)63-49)64-50-46(59)44(57)43(56)40(35-52)62-50/h5,7,9-10,12-13,15-16,18-19,21-22,24-25,27-28,38-41,43-50,52-54,56-60H,3-4,6,8,11,14,17,20,23,26,29-37H2,1-2H3,(H,51,55)/b7-5-,10-9-,13-12-,16-15-,19-18-,22-21-,25-24-,28-27-. The highest BCUT2D eigenvalue weighted by Gasteiger charge is 2.51. The number of amides is 1. The fourth-order valence-corrected chi connectivity index (χ4v) is 6.95. The van der Waals surface area contributed by atoms with Gasteiger partial charge in [-0.05, 0) is 77.0 Å². The number of allylic oxidation sites excluding steroid dienone is 16. The van der Waals surface area contributed by atoms with E-state index in [0.717, 1.165) is 83.5 Å². The Kier molecular flexibility index (Phi) is 32.2. The lowest BCUT2D eigenvalue weighted by molar-refractivity contribution is -0.359. The molecule has 2 fully saturated rings. The average molecular weight is 904 g/mol. The molecule has 0 bridgehead atoms. The monoisotopic (exact) mass is 904 g/mol. The number of nitrogens with one attached hydrogen (secondary N) is 1. The van der Waals surface area contributed by atoms with E-state index in [-0.39, 0.29) is 18.9 Å². The van der Waals surface area contributed by atoms with Crippen molar-refractivity contribution in [2.75, 3.05) is 19.8 Å². The maximum absolute atomic E-state index is 13.0. The summed E-state index contributed by atoms with van der Waals surface area (Å²) in [6, 6.07) is -0.854. The van der Waals surface area contributed by atoms with Crippen LogP contribution in [0.5, 0.6) is 0 Å². The van der Waals surface area contributed by atoms with Crippen molar-refractivity contribution in [2.24, 2.45) is 0 Å². The molecule has 64 heavy (non-hydrogen) atoms. The van der Waals surface area contributed by atoms with Gasteiger partial charge in [-0.1, -0.05) is 130 Å². The molecule has 1 amide bonds. The van der Waals surface area contributed by atoms with Crippen molar-refractivity contribution < 1.29 is 64.6 Å². The highest BCUT2D eigenvalue weighted by molar-refractivity contribution is 5.76. The summed E-state index contributed by atoms with van der Waals surface area (Å²) < 4.78 is 22.5. The van der Waals surface area contributed by atoms with Gasteiger partial charge in [0.25, 0.3) is 0 Å². The van der Waals surface area contributed by atoms with E-state index in [1.54, 1.807) is 0 Å². The van der Waals surface area contributed by atoms with Gasteiger partial charge in [0.05, 0.1) is 32.0 Å². The van der Waals surface area contributed by atoms with Gasteiger partial charge in [-0.25, -0.2) is 0 Å². The van der Waals surface area contributed by atoms with Crippen molar-refractivity contribution in [3.8, 4) is 0 Å². The minimum Gasteiger partial charge on any atom is -0.394 e. The topological polar surface area (TPSA) is 228 Å². The molecule has 0 aromatic heterocycles. The Morgan fingerprint density at radius 3 is 1.56 bits per heavy atom. The third kappa shape index (κ3) is 23.4. The summed E-state index contributed by atoms with van der Waals surface area (Å²) in [5, 5.41) is 85.9. The van der Waals surface area contributed by atoms with E-state index in [1.165, 1.54) is 0 Å². The normalized spacial score (nSPS) is 28.2. The number of hydrogen-bond donors (Lipinski definition) is 9. The van der Waals surface area contributed by atoms with E-state index in [0.29, 0.717) is 12.8 Å². The first-order chi connectivity index (χ1) is 31.1. The van der Waals surface area contributed by atoms with E-state index in [1.807, 2.05) is 6.92 Å². The fraction of sp³-hybridized carbons (Fsp3) is 0.660. The quantitative estimate of drug-likeness (QED) is 0.0305. The molecule has 14 nitrogen and oxygen atoms in total. The van der Waals surface area contributed by atoms with Crippen LogP contribution in [0.2, 0.25) is 0 Å². The number of rotatable bonds is 33. The number of hydrogen-bond acceptors (Lipinski definition) is 13. The largest absolute Gasteiger partial charge is 0.394 e. The first kappa shape index (κ1) is 57.0. The summed E-state index contributed by atoms with van der Waals surface area (Å²) in [6.45, 7) is 2.48. The summed E-state index contributed by atoms with van der Waals surface area (Å²) in [6.07, 6.45) is 31.0. The van der Waals surface area contributed by atoms with E-state index >= 15 is 0 Å². The van der Waals surface area contributed by atoms with Crippen LogP contribution in [-0.2, 0) is 23.7 Å². The van der Waals surface area contributed by atoms with E-state index in [9.17, 15) is 45.6 Å². The van der Waals surface area contributed by atoms with Gasteiger partial charge in [0.2, 0.25) is 5.91 Å². The molecule has 0 spiro atoms. The highest BCUT2D eigenvalue weighted by atomic mass is 16.7. The molecule has 2 aliphatic rings. The molecule has 2 saturated heterocycles. The zero-order valence-electron chi connectivity index (χ0n) is 38.2. The van der Waals surface area contributed by atoms with Gasteiger partial charge in [-0.15, -0.1) is 0 Å². The van der Waals surface area contributed by atoms with Crippen LogP contribution in [0.1, 0.15) is 117 Å². The van der Waals surface area contributed by atoms with Crippen LogP contribution in [0.3, 0.4) is 0 Å². The Hall–Kier alpha value is -3.09. The Labute approximate surface area is 382 Å². The van der Waals surface area contributed by atoms with Crippen molar-refractivity contribution in [2.45, 2.75) is 190 Å². The second-order valence-corrected chi connectivity index (χ2v) is 16.2. The van der Waals surface area contributed by atoms with E-state index in [4.69, 9.17) is 18.9 Å². The Morgan fingerprint density at radius 1 is 0.578 bits per heavy atom. The molecular formula is C50H81NO13. The number of ether oxygens (including phenoxy) is 4. The summed E-state index contributed by atoms with van der Waals surface area (Å²) in [7, 11) is 0. The molecule has 364 valence electrons. The molecule has 12 atom stereocenters. The molecule has 0 radical (unpaired) electrons. The molecule has 2 aliphatic heterocycles. The lowest BCUT2D eigenvalue weighted by Crippen LogP contribution is -2.65. The Bertz CT molecular complexity index is 1440. The van der Waals surface area contributed by atoms with Gasteiger partial charge in [0, 0.05) is 6.42 Å². The molecule has 2 rings (SSSR count). The van der Waals surface area contributed by atoms with Crippen LogP contribution in [0.15, 0.2) is 97.2 Å². The third-order valence-electron chi connectivity index (χ3n) is 10.8. The van der Waals surface area contributed by atoms with Crippen molar-refractivity contribution in [1.82, 2.24) is 5.32 Å². The molecular weight excluding hydrogens is 823 g/mol. The van der Waals surface area contributed by atoms with Crippen molar-refractivity contribution in [3.05, 3.63) is 97.2 Å². The van der Waals surface area contributed by atoms with Crippen LogP contribution < -0.4 is 5.32 Å². The Morgan fingerprint density at radius 2 is 1.06 bits per heavy atom. The molecule has 0 aromatic rings. The molecule has 2 heterocycles. The van der Waals surface area contributed by atoms with E-state index in [2.05, 4.69) is 109 Å². The zero-order valence-corrected chi connectivity index (χ0v) is 38.2. The lowest BCUT2D eigenvalue weighted by Gasteiger charge is -2.46.